The molecule has 0 aliphatic heterocycles. The van der Waals surface area contributed by atoms with Gasteiger partial charge in [0.1, 0.15) is 11.2 Å². The van der Waals surface area contributed by atoms with Crippen molar-refractivity contribution in [2.75, 3.05) is 0 Å². The summed E-state index contributed by atoms with van der Waals surface area (Å²) in [6, 6.07) is 83.4. The number of hydrogen-bond donors (Lipinski definition) is 0. The zero-order valence-corrected chi connectivity index (χ0v) is 34.2. The molecule has 0 N–H and O–H groups in total. The molecule has 63 heavy (non-hydrogen) atoms. The first kappa shape index (κ1) is 35.4. The summed E-state index contributed by atoms with van der Waals surface area (Å²) in [6.07, 6.45) is 0. The highest BCUT2D eigenvalue weighted by Gasteiger charge is 2.17. The molecular weight excluding hydrogens is 765 g/mol. The molecule has 0 unspecified atom stereocenters. The molecule has 0 saturated carbocycles. The van der Waals surface area contributed by atoms with Gasteiger partial charge in [-0.25, -0.2) is 0 Å². The molecule has 0 amide bonds. The van der Waals surface area contributed by atoms with Gasteiger partial charge in [0.2, 0.25) is 0 Å². The van der Waals surface area contributed by atoms with Crippen LogP contribution in [-0.2, 0) is 0 Å². The van der Waals surface area contributed by atoms with Crippen LogP contribution in [0.1, 0.15) is 0 Å². The minimum absolute atomic E-state index is 0.913. The van der Waals surface area contributed by atoms with E-state index >= 15 is 0 Å². The zero-order valence-electron chi connectivity index (χ0n) is 34.2. The van der Waals surface area contributed by atoms with Gasteiger partial charge in [-0.3, -0.25) is 0 Å². The van der Waals surface area contributed by atoms with Gasteiger partial charge in [-0.1, -0.05) is 158 Å². The Balaban J connectivity index is 0.871. The molecule has 3 heterocycles. The van der Waals surface area contributed by atoms with Gasteiger partial charge in [0.05, 0.1) is 22.1 Å². The lowest BCUT2D eigenvalue weighted by Crippen LogP contribution is -1.94. The quantitative estimate of drug-likeness (QED) is 0.164. The average molecular weight is 803 g/mol. The molecule has 0 atom stereocenters. The van der Waals surface area contributed by atoms with Crippen molar-refractivity contribution in [1.82, 2.24) is 9.13 Å². The Morgan fingerprint density at radius 2 is 0.730 bits per heavy atom. The van der Waals surface area contributed by atoms with Gasteiger partial charge < -0.3 is 13.6 Å². The Labute approximate surface area is 363 Å². The SMILES string of the molecule is c1ccc(-c2cccc(-n3c4ccccc4c4cc(-c5cccc(-c6ccc7c(c6)c6ccccc6n7-c6ccc(-c7cccc8c7oc7ccccc78)cc6)c5)ccc43)c2)cc1. The monoisotopic (exact) mass is 802 g/mol. The van der Waals surface area contributed by atoms with Crippen LogP contribution in [0.25, 0.3) is 121 Å². The lowest BCUT2D eigenvalue weighted by Gasteiger charge is -2.11. The average Bonchev–Trinajstić information content (AvgIpc) is 4.02. The largest absolute Gasteiger partial charge is 0.455 e. The lowest BCUT2D eigenvalue weighted by molar-refractivity contribution is 0.670. The van der Waals surface area contributed by atoms with E-state index in [1.807, 2.05) is 12.1 Å². The first-order chi connectivity index (χ1) is 31.2. The van der Waals surface area contributed by atoms with Crippen molar-refractivity contribution in [3.05, 3.63) is 231 Å². The van der Waals surface area contributed by atoms with E-state index in [1.54, 1.807) is 0 Å². The number of fused-ring (bicyclic) bond motifs is 9. The van der Waals surface area contributed by atoms with E-state index < -0.39 is 0 Å². The summed E-state index contributed by atoms with van der Waals surface area (Å²) in [4.78, 5) is 0. The van der Waals surface area contributed by atoms with Crippen molar-refractivity contribution in [1.29, 1.82) is 0 Å². The highest BCUT2D eigenvalue weighted by molar-refractivity contribution is 6.12. The van der Waals surface area contributed by atoms with Crippen LogP contribution in [0.15, 0.2) is 235 Å². The van der Waals surface area contributed by atoms with E-state index in [9.17, 15) is 0 Å². The smallest absolute Gasteiger partial charge is 0.143 e. The van der Waals surface area contributed by atoms with Crippen molar-refractivity contribution in [3.63, 3.8) is 0 Å². The highest BCUT2D eigenvalue weighted by atomic mass is 16.3. The van der Waals surface area contributed by atoms with Gasteiger partial charge in [0, 0.05) is 49.3 Å². The van der Waals surface area contributed by atoms with Gasteiger partial charge in [0.25, 0.3) is 0 Å². The summed E-state index contributed by atoms with van der Waals surface area (Å²) in [5.41, 5.74) is 18.3. The van der Waals surface area contributed by atoms with Gasteiger partial charge in [-0.2, -0.15) is 0 Å². The van der Waals surface area contributed by atoms with Crippen LogP contribution >= 0.6 is 0 Å². The summed E-state index contributed by atoms with van der Waals surface area (Å²) < 4.78 is 11.2. The molecule has 0 saturated heterocycles. The maximum absolute atomic E-state index is 6.39. The summed E-state index contributed by atoms with van der Waals surface area (Å²) in [5, 5.41) is 7.24. The predicted octanol–water partition coefficient (Wildman–Crippen LogP) is 16.4. The van der Waals surface area contributed by atoms with Gasteiger partial charge in [0.15, 0.2) is 0 Å². The third kappa shape index (κ3) is 5.67. The molecule has 0 spiro atoms. The molecule has 3 nitrogen and oxygen atoms in total. The number of aromatic nitrogens is 2. The number of hydrogen-bond acceptors (Lipinski definition) is 1. The van der Waals surface area contributed by atoms with Crippen molar-refractivity contribution in [2.24, 2.45) is 0 Å². The normalized spacial score (nSPS) is 11.8. The fraction of sp³-hybridized carbons (Fsp3) is 0. The second-order valence-electron chi connectivity index (χ2n) is 16.5. The van der Waals surface area contributed by atoms with E-state index in [0.717, 1.165) is 44.4 Å². The van der Waals surface area contributed by atoms with Crippen LogP contribution in [0.5, 0.6) is 0 Å². The minimum atomic E-state index is 0.913. The van der Waals surface area contributed by atoms with Crippen molar-refractivity contribution in [2.45, 2.75) is 0 Å². The second-order valence-corrected chi connectivity index (χ2v) is 16.5. The second kappa shape index (κ2) is 14.1. The molecule has 0 aliphatic carbocycles. The molecule has 0 radical (unpaired) electrons. The number of nitrogens with zero attached hydrogens (tertiary/aromatic N) is 2. The molecule has 10 aromatic carbocycles. The van der Waals surface area contributed by atoms with E-state index in [4.69, 9.17) is 4.42 Å². The first-order valence-electron chi connectivity index (χ1n) is 21.6. The minimum Gasteiger partial charge on any atom is -0.455 e. The molecule has 13 rings (SSSR count). The number of furan rings is 1. The predicted molar refractivity (Wildman–Crippen MR) is 264 cm³/mol. The molecular formula is C60H38N2O. The third-order valence-electron chi connectivity index (χ3n) is 12.9. The Bertz CT molecular complexity index is 3900. The van der Waals surface area contributed by atoms with Gasteiger partial charge in [-0.15, -0.1) is 0 Å². The van der Waals surface area contributed by atoms with Gasteiger partial charge >= 0.3 is 0 Å². The number of benzene rings is 10. The zero-order chi connectivity index (χ0) is 41.4. The summed E-state index contributed by atoms with van der Waals surface area (Å²) in [5.74, 6) is 0. The summed E-state index contributed by atoms with van der Waals surface area (Å²) in [7, 11) is 0. The standard InChI is InChI=1S/C60H38N2O/c1-2-13-39(14-3-1)43-17-11-18-47(36-43)62-56-25-8-5-20-50(56)54-38-45(30-34-58(54)62)42-16-10-15-41(35-42)44-29-33-57-53(37-44)49-19-4-7-24-55(49)61(57)46-31-27-40(28-32-46)48-22-12-23-52-51-21-6-9-26-59(51)63-60(48)52/h1-38H. The molecule has 13 aromatic rings. The van der Waals surface area contributed by atoms with Crippen LogP contribution in [0.3, 0.4) is 0 Å². The van der Waals surface area contributed by atoms with E-state index in [2.05, 4.69) is 228 Å². The molecule has 0 bridgehead atoms. The lowest BCUT2D eigenvalue weighted by atomic mass is 9.97. The van der Waals surface area contributed by atoms with Crippen LogP contribution < -0.4 is 0 Å². The van der Waals surface area contributed by atoms with E-state index in [-0.39, 0.29) is 0 Å². The number of para-hydroxylation sites is 4. The molecule has 0 fully saturated rings. The summed E-state index contributed by atoms with van der Waals surface area (Å²) in [6.45, 7) is 0. The van der Waals surface area contributed by atoms with Crippen molar-refractivity contribution < 1.29 is 4.42 Å². The van der Waals surface area contributed by atoms with Crippen LogP contribution in [0.4, 0.5) is 0 Å². The number of rotatable bonds is 6. The topological polar surface area (TPSA) is 23.0 Å². The Morgan fingerprint density at radius 3 is 1.41 bits per heavy atom. The Hall–Kier alpha value is -8.40. The van der Waals surface area contributed by atoms with Crippen LogP contribution in [0, 0.1) is 0 Å². The Kier molecular flexibility index (Phi) is 7.91. The van der Waals surface area contributed by atoms with E-state index in [1.165, 1.54) is 77.0 Å². The maximum Gasteiger partial charge on any atom is 0.143 e. The van der Waals surface area contributed by atoms with Crippen LogP contribution in [0.2, 0.25) is 0 Å². The third-order valence-corrected chi connectivity index (χ3v) is 12.9. The fourth-order valence-corrected chi connectivity index (χ4v) is 9.96. The first-order valence-corrected chi connectivity index (χ1v) is 21.6. The van der Waals surface area contributed by atoms with Gasteiger partial charge in [-0.05, 0) is 112 Å². The summed E-state index contributed by atoms with van der Waals surface area (Å²) >= 11 is 0. The highest BCUT2D eigenvalue weighted by Crippen LogP contribution is 2.40. The van der Waals surface area contributed by atoms with Crippen molar-refractivity contribution in [3.8, 4) is 55.9 Å². The Morgan fingerprint density at radius 1 is 0.254 bits per heavy atom. The van der Waals surface area contributed by atoms with Crippen molar-refractivity contribution >= 4 is 65.6 Å². The molecule has 0 aliphatic rings. The van der Waals surface area contributed by atoms with E-state index in [0.29, 0.717) is 0 Å². The fourth-order valence-electron chi connectivity index (χ4n) is 9.96. The molecule has 3 aromatic heterocycles. The molecule has 294 valence electrons. The molecule has 3 heteroatoms. The maximum atomic E-state index is 6.39. The van der Waals surface area contributed by atoms with Crippen LogP contribution in [-0.4, -0.2) is 9.13 Å².